The third kappa shape index (κ3) is 4.39. The summed E-state index contributed by atoms with van der Waals surface area (Å²) >= 11 is 0. The molecule has 0 bridgehead atoms. The van der Waals surface area contributed by atoms with Gasteiger partial charge < -0.3 is 18.9 Å². The molecule has 7 nitrogen and oxygen atoms in total. The highest BCUT2D eigenvalue weighted by molar-refractivity contribution is 5.97. The average Bonchev–Trinajstić information content (AvgIpc) is 3.36. The van der Waals surface area contributed by atoms with E-state index in [1.807, 2.05) is 12.1 Å². The number of hydrogen-bond acceptors (Lipinski definition) is 7. The van der Waals surface area contributed by atoms with Crippen LogP contribution >= 0.6 is 0 Å². The van der Waals surface area contributed by atoms with Crippen molar-refractivity contribution in [2.24, 2.45) is 0 Å². The van der Waals surface area contributed by atoms with E-state index in [2.05, 4.69) is 11.8 Å². The summed E-state index contributed by atoms with van der Waals surface area (Å²) in [6.07, 6.45) is 11.1. The Morgan fingerprint density at radius 3 is 1.64 bits per heavy atom. The maximum absolute atomic E-state index is 13.2. The second-order valence-electron chi connectivity index (χ2n) is 10.2. The Hall–Kier alpha value is -6.57. The zero-order valence-corrected chi connectivity index (χ0v) is 23.4. The van der Waals surface area contributed by atoms with Gasteiger partial charge in [-0.2, -0.15) is 0 Å². The van der Waals surface area contributed by atoms with Gasteiger partial charge in [-0.05, 0) is 54.6 Å². The third-order valence-corrected chi connectivity index (χ3v) is 7.68. The first-order chi connectivity index (χ1) is 21.9. The van der Waals surface area contributed by atoms with Crippen molar-refractivity contribution >= 4 is 17.9 Å². The molecule has 2 aliphatic heterocycles. The molecule has 2 heterocycles. The van der Waals surface area contributed by atoms with E-state index in [4.69, 9.17) is 31.8 Å². The normalized spacial score (nSPS) is 13.2. The standard InChI is InChI=1S/C38H20O7/c1-3-23-11-5-7-13-27(23)35(39)42-25-17-19-31-33(21-25)44-34-22-26(43-36(40)28-14-8-6-12-24(28)4-2)18-20-32(34)38(31)30-16-10-9-15-29(30)37(41)45-38/h1-2,5-22H. The molecule has 5 aromatic rings. The number of terminal acetylenes is 2. The molecule has 45 heavy (non-hydrogen) atoms. The molecule has 214 valence electrons. The van der Waals surface area contributed by atoms with Crippen LogP contribution in [0.4, 0.5) is 0 Å². The van der Waals surface area contributed by atoms with E-state index in [-0.39, 0.29) is 34.1 Å². The third-order valence-electron chi connectivity index (χ3n) is 7.68. The van der Waals surface area contributed by atoms with Gasteiger partial charge in [-0.25, -0.2) is 14.4 Å². The maximum atomic E-state index is 13.2. The summed E-state index contributed by atoms with van der Waals surface area (Å²) in [6.45, 7) is 0. The molecule has 0 unspecified atom stereocenters. The molecule has 0 radical (unpaired) electrons. The summed E-state index contributed by atoms with van der Waals surface area (Å²) in [5, 5.41) is 0. The van der Waals surface area contributed by atoms with Crippen molar-refractivity contribution in [1.29, 1.82) is 0 Å². The Morgan fingerprint density at radius 1 is 0.622 bits per heavy atom. The van der Waals surface area contributed by atoms with Crippen molar-refractivity contribution in [2.45, 2.75) is 5.60 Å². The minimum absolute atomic E-state index is 0.176. The van der Waals surface area contributed by atoms with Crippen LogP contribution in [0.1, 0.15) is 58.9 Å². The number of ether oxygens (including phenoxy) is 4. The number of benzene rings is 5. The van der Waals surface area contributed by atoms with Crippen LogP contribution in [0.25, 0.3) is 0 Å². The molecule has 0 atom stereocenters. The van der Waals surface area contributed by atoms with Crippen molar-refractivity contribution < 1.29 is 33.3 Å². The van der Waals surface area contributed by atoms with Crippen molar-refractivity contribution in [1.82, 2.24) is 0 Å². The summed E-state index contributed by atoms with van der Waals surface area (Å²) < 4.78 is 23.9. The van der Waals surface area contributed by atoms with Gasteiger partial charge in [0.1, 0.15) is 23.0 Å². The summed E-state index contributed by atoms with van der Waals surface area (Å²) in [7, 11) is 0. The molecule has 1 spiro atoms. The zero-order valence-electron chi connectivity index (χ0n) is 23.4. The fourth-order valence-electron chi connectivity index (χ4n) is 5.66. The monoisotopic (exact) mass is 588 g/mol. The lowest BCUT2D eigenvalue weighted by atomic mass is 9.77. The van der Waals surface area contributed by atoms with Gasteiger partial charge in [0, 0.05) is 39.9 Å². The van der Waals surface area contributed by atoms with Crippen LogP contribution in [0.15, 0.2) is 109 Å². The predicted molar refractivity (Wildman–Crippen MR) is 163 cm³/mol. The van der Waals surface area contributed by atoms with E-state index >= 15 is 0 Å². The minimum Gasteiger partial charge on any atom is -0.456 e. The molecule has 5 aromatic carbocycles. The fourth-order valence-corrected chi connectivity index (χ4v) is 5.66. The van der Waals surface area contributed by atoms with E-state index in [0.717, 1.165) is 0 Å². The lowest BCUT2D eigenvalue weighted by molar-refractivity contribution is 0.0224. The lowest BCUT2D eigenvalue weighted by Crippen LogP contribution is -2.33. The molecule has 2 aliphatic rings. The van der Waals surface area contributed by atoms with Crippen molar-refractivity contribution in [3.8, 4) is 47.7 Å². The quantitative estimate of drug-likeness (QED) is 0.132. The number of carbonyl (C=O) groups excluding carboxylic acids is 3. The summed E-state index contributed by atoms with van der Waals surface area (Å²) in [5.41, 5.74) is 1.93. The van der Waals surface area contributed by atoms with Crippen molar-refractivity contribution in [3.63, 3.8) is 0 Å². The van der Waals surface area contributed by atoms with Gasteiger partial charge in [0.25, 0.3) is 0 Å². The van der Waals surface area contributed by atoms with E-state index in [0.29, 0.717) is 33.4 Å². The maximum Gasteiger partial charge on any atom is 0.344 e. The zero-order chi connectivity index (χ0) is 31.1. The van der Waals surface area contributed by atoms with E-state index in [1.165, 1.54) is 12.1 Å². The van der Waals surface area contributed by atoms with Crippen LogP contribution in [0.3, 0.4) is 0 Å². The van der Waals surface area contributed by atoms with Crippen LogP contribution in [-0.2, 0) is 10.3 Å². The van der Waals surface area contributed by atoms with Crippen LogP contribution < -0.4 is 14.2 Å². The van der Waals surface area contributed by atoms with E-state index in [9.17, 15) is 14.4 Å². The molecule has 0 N–H and O–H groups in total. The first kappa shape index (κ1) is 27.3. The predicted octanol–water partition coefficient (Wildman–Crippen LogP) is 6.66. The van der Waals surface area contributed by atoms with Gasteiger partial charge in [0.15, 0.2) is 5.60 Å². The first-order valence-electron chi connectivity index (χ1n) is 13.8. The number of rotatable bonds is 4. The van der Waals surface area contributed by atoms with Gasteiger partial charge >= 0.3 is 17.9 Å². The molecule has 0 amide bonds. The highest BCUT2D eigenvalue weighted by Crippen LogP contribution is 2.57. The molecule has 0 saturated heterocycles. The summed E-state index contributed by atoms with van der Waals surface area (Å²) in [4.78, 5) is 39.3. The Morgan fingerprint density at radius 2 is 1.11 bits per heavy atom. The molecule has 7 heteroatoms. The average molecular weight is 589 g/mol. The van der Waals surface area contributed by atoms with Gasteiger partial charge in [-0.1, -0.05) is 54.3 Å². The Labute approximate surface area is 258 Å². The number of carbonyl (C=O) groups is 3. The summed E-state index contributed by atoms with van der Waals surface area (Å²) in [5.74, 6) is 4.06. The van der Waals surface area contributed by atoms with Crippen LogP contribution in [0.5, 0.6) is 23.0 Å². The van der Waals surface area contributed by atoms with Gasteiger partial charge in [-0.15, -0.1) is 12.8 Å². The number of hydrogen-bond donors (Lipinski definition) is 0. The minimum atomic E-state index is -1.38. The number of esters is 3. The highest BCUT2D eigenvalue weighted by Gasteiger charge is 2.53. The molecule has 0 aromatic heterocycles. The SMILES string of the molecule is C#Cc1ccccc1C(=O)Oc1ccc2c(c1)Oc1cc(OC(=O)c3ccccc3C#C)ccc1C21OC(=O)c2ccccc21. The molecular formula is C38H20O7. The van der Waals surface area contributed by atoms with Crippen LogP contribution in [0.2, 0.25) is 0 Å². The van der Waals surface area contributed by atoms with Gasteiger partial charge in [0.05, 0.1) is 16.7 Å². The molecule has 7 rings (SSSR count). The molecule has 0 fully saturated rings. The van der Waals surface area contributed by atoms with Crippen LogP contribution in [0, 0.1) is 24.7 Å². The van der Waals surface area contributed by atoms with Gasteiger partial charge in [-0.3, -0.25) is 0 Å². The van der Waals surface area contributed by atoms with Gasteiger partial charge in [0.2, 0.25) is 0 Å². The van der Waals surface area contributed by atoms with E-state index < -0.39 is 23.5 Å². The number of fused-ring (bicyclic) bond motifs is 6. The smallest absolute Gasteiger partial charge is 0.344 e. The van der Waals surface area contributed by atoms with E-state index in [1.54, 1.807) is 84.9 Å². The Kier molecular flexibility index (Phi) is 6.43. The molecular weight excluding hydrogens is 568 g/mol. The van der Waals surface area contributed by atoms with Crippen LogP contribution in [-0.4, -0.2) is 17.9 Å². The largest absolute Gasteiger partial charge is 0.456 e. The van der Waals surface area contributed by atoms with Crippen molar-refractivity contribution in [2.75, 3.05) is 0 Å². The molecule has 0 saturated carbocycles. The Balaban J connectivity index is 1.31. The topological polar surface area (TPSA) is 88.1 Å². The highest BCUT2D eigenvalue weighted by atomic mass is 16.6. The van der Waals surface area contributed by atoms with Crippen molar-refractivity contribution in [3.05, 3.63) is 154 Å². The second-order valence-corrected chi connectivity index (χ2v) is 10.2. The second kappa shape index (κ2) is 10.6. The lowest BCUT2D eigenvalue weighted by Gasteiger charge is -2.36. The first-order valence-corrected chi connectivity index (χ1v) is 13.8. The molecule has 0 aliphatic carbocycles. The summed E-state index contributed by atoms with van der Waals surface area (Å²) in [6, 6.07) is 30.0. The Bertz CT molecular complexity index is 2040. The fraction of sp³-hybridized carbons (Fsp3) is 0.0263.